The summed E-state index contributed by atoms with van der Waals surface area (Å²) in [5.41, 5.74) is 7.72. The Hall–Kier alpha value is -1.84. The number of rotatable bonds is 4. The minimum Gasteiger partial charge on any atom is -0.340 e. The molecule has 0 aliphatic rings. The van der Waals surface area contributed by atoms with Crippen molar-refractivity contribution in [3.8, 4) is 0 Å². The molecule has 0 radical (unpaired) electrons. The Morgan fingerprint density at radius 2 is 1.75 bits per heavy atom. The lowest BCUT2D eigenvalue weighted by atomic mass is 10.1. The topological polar surface area (TPSA) is 46.3 Å². The highest BCUT2D eigenvalue weighted by atomic mass is 35.5. The molecule has 0 bridgehead atoms. The summed E-state index contributed by atoms with van der Waals surface area (Å²) in [6.07, 6.45) is 0. The van der Waals surface area contributed by atoms with Crippen molar-refractivity contribution in [3.05, 3.63) is 70.7 Å². The number of benzene rings is 2. The Morgan fingerprint density at radius 3 is 2.40 bits per heavy atom. The van der Waals surface area contributed by atoms with Crippen LogP contribution in [0.5, 0.6) is 0 Å². The van der Waals surface area contributed by atoms with Crippen LogP contribution in [0.15, 0.2) is 54.6 Å². The quantitative estimate of drug-likeness (QED) is 0.940. The number of carbonyl (C=O) groups is 1. The maximum absolute atomic E-state index is 12.3. The first kappa shape index (κ1) is 14.6. The van der Waals surface area contributed by atoms with E-state index >= 15 is 0 Å². The van der Waals surface area contributed by atoms with E-state index in [0.717, 1.165) is 11.1 Å². The largest absolute Gasteiger partial charge is 0.340 e. The Bertz CT molecular complexity index is 586. The fourth-order valence-electron chi connectivity index (χ4n) is 2.00. The minimum absolute atomic E-state index is 0.129. The highest BCUT2D eigenvalue weighted by molar-refractivity contribution is 6.31. The van der Waals surface area contributed by atoms with Crippen molar-refractivity contribution in [2.45, 2.75) is 12.6 Å². The minimum atomic E-state index is -0.649. The number of amides is 1. The fraction of sp³-hybridized carbons (Fsp3) is 0.188. The molecular formula is C16H17ClN2O. The fourth-order valence-corrected chi connectivity index (χ4v) is 2.20. The molecule has 2 aromatic rings. The van der Waals surface area contributed by atoms with E-state index in [4.69, 9.17) is 17.3 Å². The highest BCUT2D eigenvalue weighted by Crippen LogP contribution is 2.18. The summed E-state index contributed by atoms with van der Waals surface area (Å²) >= 11 is 6.10. The van der Waals surface area contributed by atoms with Crippen LogP contribution in [0.25, 0.3) is 0 Å². The van der Waals surface area contributed by atoms with Gasteiger partial charge in [-0.15, -0.1) is 0 Å². The van der Waals surface area contributed by atoms with Crippen molar-refractivity contribution in [1.82, 2.24) is 4.90 Å². The van der Waals surface area contributed by atoms with Gasteiger partial charge in [0.1, 0.15) is 6.04 Å². The molecule has 20 heavy (non-hydrogen) atoms. The average molecular weight is 289 g/mol. The normalized spacial score (nSPS) is 11.9. The Balaban J connectivity index is 2.08. The number of carbonyl (C=O) groups excluding carboxylic acids is 1. The average Bonchev–Trinajstić information content (AvgIpc) is 2.49. The van der Waals surface area contributed by atoms with Gasteiger partial charge >= 0.3 is 0 Å². The van der Waals surface area contributed by atoms with Gasteiger partial charge in [0.05, 0.1) is 0 Å². The van der Waals surface area contributed by atoms with Crippen LogP contribution in [0.4, 0.5) is 0 Å². The predicted molar refractivity (Wildman–Crippen MR) is 81.3 cm³/mol. The van der Waals surface area contributed by atoms with Gasteiger partial charge < -0.3 is 10.6 Å². The third kappa shape index (κ3) is 3.38. The van der Waals surface area contributed by atoms with Crippen LogP contribution in [-0.2, 0) is 11.3 Å². The highest BCUT2D eigenvalue weighted by Gasteiger charge is 2.20. The van der Waals surface area contributed by atoms with Crippen LogP contribution in [0.2, 0.25) is 5.02 Å². The van der Waals surface area contributed by atoms with Crippen molar-refractivity contribution in [3.63, 3.8) is 0 Å². The van der Waals surface area contributed by atoms with Crippen LogP contribution < -0.4 is 5.73 Å². The third-order valence-electron chi connectivity index (χ3n) is 3.17. The van der Waals surface area contributed by atoms with Gasteiger partial charge in [-0.05, 0) is 17.2 Å². The second-order valence-electron chi connectivity index (χ2n) is 4.67. The third-order valence-corrected chi connectivity index (χ3v) is 3.54. The van der Waals surface area contributed by atoms with Gasteiger partial charge in [0.2, 0.25) is 5.91 Å². The van der Waals surface area contributed by atoms with E-state index in [1.54, 1.807) is 11.9 Å². The first-order chi connectivity index (χ1) is 9.59. The lowest BCUT2D eigenvalue weighted by molar-refractivity contribution is -0.131. The first-order valence-corrected chi connectivity index (χ1v) is 6.76. The number of halogens is 1. The van der Waals surface area contributed by atoms with Crippen LogP contribution in [-0.4, -0.2) is 17.9 Å². The molecule has 0 aliphatic heterocycles. The lowest BCUT2D eigenvalue weighted by Gasteiger charge is -2.22. The van der Waals surface area contributed by atoms with Crippen molar-refractivity contribution in [2.75, 3.05) is 7.05 Å². The summed E-state index contributed by atoms with van der Waals surface area (Å²) in [7, 11) is 1.73. The van der Waals surface area contributed by atoms with Gasteiger partial charge in [-0.1, -0.05) is 60.1 Å². The second-order valence-corrected chi connectivity index (χ2v) is 5.08. The molecule has 0 saturated heterocycles. The van der Waals surface area contributed by atoms with Gasteiger partial charge in [-0.25, -0.2) is 0 Å². The Labute approximate surface area is 124 Å². The molecule has 1 amide bonds. The molecule has 2 aromatic carbocycles. The summed E-state index contributed by atoms with van der Waals surface area (Å²) in [4.78, 5) is 13.9. The molecule has 2 rings (SSSR count). The van der Waals surface area contributed by atoms with E-state index in [2.05, 4.69) is 0 Å². The Kier molecular flexibility index (Phi) is 4.77. The summed E-state index contributed by atoms with van der Waals surface area (Å²) < 4.78 is 0. The molecule has 104 valence electrons. The summed E-state index contributed by atoms with van der Waals surface area (Å²) in [6, 6.07) is 16.2. The van der Waals surface area contributed by atoms with Crippen LogP contribution in [0.3, 0.4) is 0 Å². The maximum Gasteiger partial charge on any atom is 0.244 e. The maximum atomic E-state index is 12.3. The first-order valence-electron chi connectivity index (χ1n) is 6.38. The zero-order chi connectivity index (χ0) is 14.5. The number of likely N-dealkylation sites (N-methyl/N-ethyl adjacent to an activating group) is 1. The van der Waals surface area contributed by atoms with E-state index in [9.17, 15) is 4.79 Å². The Morgan fingerprint density at radius 1 is 1.15 bits per heavy atom. The van der Waals surface area contributed by atoms with Gasteiger partial charge in [0.15, 0.2) is 0 Å². The lowest BCUT2D eigenvalue weighted by Crippen LogP contribution is -2.35. The van der Waals surface area contributed by atoms with Crippen LogP contribution in [0.1, 0.15) is 17.2 Å². The second kappa shape index (κ2) is 6.55. The zero-order valence-electron chi connectivity index (χ0n) is 11.3. The molecule has 0 heterocycles. The molecular weight excluding hydrogens is 272 g/mol. The van der Waals surface area contributed by atoms with Gasteiger partial charge in [0, 0.05) is 18.6 Å². The van der Waals surface area contributed by atoms with E-state index in [-0.39, 0.29) is 5.91 Å². The summed E-state index contributed by atoms with van der Waals surface area (Å²) in [5, 5.41) is 0.653. The van der Waals surface area contributed by atoms with Crippen molar-refractivity contribution >= 4 is 17.5 Å². The van der Waals surface area contributed by atoms with Gasteiger partial charge in [0.25, 0.3) is 0 Å². The molecule has 0 aliphatic carbocycles. The van der Waals surface area contributed by atoms with Crippen LogP contribution >= 0.6 is 11.6 Å². The van der Waals surface area contributed by atoms with E-state index in [0.29, 0.717) is 11.6 Å². The van der Waals surface area contributed by atoms with E-state index in [1.807, 2.05) is 54.6 Å². The molecule has 0 saturated carbocycles. The van der Waals surface area contributed by atoms with E-state index < -0.39 is 6.04 Å². The SMILES string of the molecule is CN(Cc1ccccc1Cl)C(=O)C(N)c1ccccc1. The number of nitrogens with two attached hydrogens (primary N) is 1. The monoisotopic (exact) mass is 288 g/mol. The molecule has 0 fully saturated rings. The van der Waals surface area contributed by atoms with Crippen molar-refractivity contribution in [1.29, 1.82) is 0 Å². The van der Waals surface area contributed by atoms with Crippen molar-refractivity contribution in [2.24, 2.45) is 5.73 Å². The molecule has 0 aromatic heterocycles. The molecule has 4 heteroatoms. The van der Waals surface area contributed by atoms with Crippen LogP contribution in [0, 0.1) is 0 Å². The van der Waals surface area contributed by atoms with Gasteiger partial charge in [-0.2, -0.15) is 0 Å². The van der Waals surface area contributed by atoms with Gasteiger partial charge in [-0.3, -0.25) is 4.79 Å². The zero-order valence-corrected chi connectivity index (χ0v) is 12.0. The summed E-state index contributed by atoms with van der Waals surface area (Å²) in [6.45, 7) is 0.443. The molecule has 0 spiro atoms. The standard InChI is InChI=1S/C16H17ClN2O/c1-19(11-13-9-5-6-10-14(13)17)16(20)15(18)12-7-3-2-4-8-12/h2-10,15H,11,18H2,1H3. The number of hydrogen-bond acceptors (Lipinski definition) is 2. The molecule has 3 nitrogen and oxygen atoms in total. The molecule has 2 N–H and O–H groups in total. The number of nitrogens with zero attached hydrogens (tertiary/aromatic N) is 1. The smallest absolute Gasteiger partial charge is 0.244 e. The van der Waals surface area contributed by atoms with E-state index in [1.165, 1.54) is 0 Å². The molecule has 1 unspecified atom stereocenters. The number of hydrogen-bond donors (Lipinski definition) is 1. The van der Waals surface area contributed by atoms with Crippen molar-refractivity contribution < 1.29 is 4.79 Å². The summed E-state index contributed by atoms with van der Waals surface area (Å²) in [5.74, 6) is -0.129. The molecule has 1 atom stereocenters. The predicted octanol–water partition coefficient (Wildman–Crippen LogP) is 3.00.